The van der Waals surface area contributed by atoms with Crippen LogP contribution in [0.1, 0.15) is 18.8 Å². The van der Waals surface area contributed by atoms with Crippen molar-refractivity contribution < 1.29 is 4.74 Å². The monoisotopic (exact) mass is 354 g/mol. The van der Waals surface area contributed by atoms with Crippen molar-refractivity contribution in [1.29, 1.82) is 0 Å². The molecule has 0 radical (unpaired) electrons. The number of likely N-dealkylation sites (N-methyl/N-ethyl adjacent to an activating group) is 1. The van der Waals surface area contributed by atoms with Crippen molar-refractivity contribution in [2.24, 2.45) is 14.1 Å². The molecule has 0 aliphatic carbocycles. The van der Waals surface area contributed by atoms with Crippen molar-refractivity contribution in [3.05, 3.63) is 42.5 Å². The number of aromatic nitrogens is 4. The summed E-state index contributed by atoms with van der Waals surface area (Å²) in [6.45, 7) is 5.52. The second-order valence-corrected chi connectivity index (χ2v) is 6.74. The molecule has 26 heavy (non-hydrogen) atoms. The highest BCUT2D eigenvalue weighted by molar-refractivity contribution is 5.78. The maximum absolute atomic E-state index is 6.14. The molecule has 7 nitrogen and oxygen atoms in total. The van der Waals surface area contributed by atoms with Gasteiger partial charge in [0.15, 0.2) is 0 Å². The van der Waals surface area contributed by atoms with Crippen LogP contribution in [0.2, 0.25) is 0 Å². The van der Waals surface area contributed by atoms with Gasteiger partial charge in [-0.1, -0.05) is 19.1 Å². The van der Waals surface area contributed by atoms with E-state index in [1.165, 1.54) is 0 Å². The van der Waals surface area contributed by atoms with Crippen LogP contribution >= 0.6 is 0 Å². The molecule has 0 saturated carbocycles. The molecule has 0 spiro atoms. The Balaban J connectivity index is 1.57. The maximum Gasteiger partial charge on any atom is 0.203 e. The molecular formula is C19H26N6O. The Morgan fingerprint density at radius 3 is 2.85 bits per heavy atom. The van der Waals surface area contributed by atoms with Gasteiger partial charge in [0.25, 0.3) is 0 Å². The zero-order chi connectivity index (χ0) is 18.1. The molecule has 1 N–H and O–H groups in total. The third kappa shape index (κ3) is 2.97. The Bertz CT molecular complexity index is 885. The van der Waals surface area contributed by atoms with Crippen LogP contribution in [0.5, 0.6) is 0 Å². The smallest absolute Gasteiger partial charge is 0.203 e. The van der Waals surface area contributed by atoms with Crippen molar-refractivity contribution in [3.63, 3.8) is 0 Å². The summed E-state index contributed by atoms with van der Waals surface area (Å²) in [5.74, 6) is 1.91. The molecule has 1 aliphatic heterocycles. The van der Waals surface area contributed by atoms with Crippen molar-refractivity contribution in [2.75, 3.05) is 31.6 Å². The van der Waals surface area contributed by atoms with E-state index >= 15 is 0 Å². The predicted octanol–water partition coefficient (Wildman–Crippen LogP) is 2.18. The topological polar surface area (TPSA) is 60.1 Å². The van der Waals surface area contributed by atoms with E-state index in [1.54, 1.807) is 0 Å². The van der Waals surface area contributed by atoms with Gasteiger partial charge in [0.2, 0.25) is 5.95 Å². The van der Waals surface area contributed by atoms with Crippen molar-refractivity contribution in [3.8, 4) is 0 Å². The van der Waals surface area contributed by atoms with Gasteiger partial charge in [-0.05, 0) is 18.7 Å². The summed E-state index contributed by atoms with van der Waals surface area (Å²) in [6.07, 6.45) is 3.87. The van der Waals surface area contributed by atoms with Gasteiger partial charge in [-0.15, -0.1) is 0 Å². The van der Waals surface area contributed by atoms with Gasteiger partial charge < -0.3 is 19.2 Å². The molecule has 2 aromatic heterocycles. The molecule has 1 aliphatic rings. The Kier molecular flexibility index (Phi) is 4.65. The van der Waals surface area contributed by atoms with Crippen LogP contribution in [0.25, 0.3) is 11.0 Å². The highest BCUT2D eigenvalue weighted by atomic mass is 16.5. The largest absolute Gasteiger partial charge is 0.373 e. The zero-order valence-electron chi connectivity index (χ0n) is 15.6. The number of hydrogen-bond donors (Lipinski definition) is 1. The lowest BCUT2D eigenvalue weighted by Gasteiger charge is -2.40. The second kappa shape index (κ2) is 7.09. The van der Waals surface area contributed by atoms with Crippen LogP contribution in [0, 0.1) is 0 Å². The van der Waals surface area contributed by atoms with E-state index in [0.29, 0.717) is 6.54 Å². The molecule has 2 atom stereocenters. The number of morpholine rings is 1. The third-order valence-corrected chi connectivity index (χ3v) is 5.23. The van der Waals surface area contributed by atoms with E-state index in [4.69, 9.17) is 9.72 Å². The fourth-order valence-electron chi connectivity index (χ4n) is 3.80. The van der Waals surface area contributed by atoms with E-state index in [2.05, 4.69) is 37.3 Å². The number of para-hydroxylation sites is 2. The van der Waals surface area contributed by atoms with Gasteiger partial charge in [-0.25, -0.2) is 9.97 Å². The van der Waals surface area contributed by atoms with Crippen LogP contribution in [0.15, 0.2) is 36.7 Å². The summed E-state index contributed by atoms with van der Waals surface area (Å²) in [6, 6.07) is 8.30. The molecule has 0 unspecified atom stereocenters. The first-order valence-electron chi connectivity index (χ1n) is 9.17. The van der Waals surface area contributed by atoms with E-state index < -0.39 is 0 Å². The number of fused-ring (bicyclic) bond motifs is 1. The quantitative estimate of drug-likeness (QED) is 0.761. The molecule has 3 aromatic rings. The van der Waals surface area contributed by atoms with E-state index in [1.807, 2.05) is 44.7 Å². The molecule has 1 saturated heterocycles. The average Bonchev–Trinajstić information content (AvgIpc) is 3.23. The summed E-state index contributed by atoms with van der Waals surface area (Å²) in [4.78, 5) is 11.7. The summed E-state index contributed by atoms with van der Waals surface area (Å²) >= 11 is 0. The lowest BCUT2D eigenvalue weighted by Crippen LogP contribution is -2.48. The molecule has 138 valence electrons. The SMILES string of the molecule is CCN1CCO[C@@H](CNc2nc3ccccc3n2C)[C@@H]1c1nccn1C. The van der Waals surface area contributed by atoms with Gasteiger partial charge >= 0.3 is 0 Å². The Morgan fingerprint density at radius 1 is 1.27 bits per heavy atom. The minimum absolute atomic E-state index is 0.0182. The highest BCUT2D eigenvalue weighted by Crippen LogP contribution is 2.28. The zero-order valence-corrected chi connectivity index (χ0v) is 15.6. The normalized spacial score (nSPS) is 21.3. The maximum atomic E-state index is 6.14. The number of nitrogens with zero attached hydrogens (tertiary/aromatic N) is 5. The fourth-order valence-corrected chi connectivity index (χ4v) is 3.80. The first-order valence-corrected chi connectivity index (χ1v) is 9.17. The lowest BCUT2D eigenvalue weighted by atomic mass is 10.1. The van der Waals surface area contributed by atoms with Crippen LogP contribution in [0.3, 0.4) is 0 Å². The van der Waals surface area contributed by atoms with Crippen LogP contribution < -0.4 is 5.32 Å². The van der Waals surface area contributed by atoms with Gasteiger partial charge in [0.1, 0.15) is 5.82 Å². The number of ether oxygens (including phenoxy) is 1. The summed E-state index contributed by atoms with van der Waals surface area (Å²) in [5, 5.41) is 3.49. The van der Waals surface area contributed by atoms with Gasteiger partial charge in [-0.3, -0.25) is 4.90 Å². The van der Waals surface area contributed by atoms with E-state index in [9.17, 15) is 0 Å². The van der Waals surface area contributed by atoms with Crippen LogP contribution in [0.4, 0.5) is 5.95 Å². The van der Waals surface area contributed by atoms with Gasteiger partial charge in [0, 0.05) is 39.6 Å². The van der Waals surface area contributed by atoms with Crippen molar-refractivity contribution in [1.82, 2.24) is 24.0 Å². The first-order chi connectivity index (χ1) is 12.7. The minimum atomic E-state index is 0.0182. The summed E-state index contributed by atoms with van der Waals surface area (Å²) < 4.78 is 10.3. The third-order valence-electron chi connectivity index (χ3n) is 5.23. The Labute approximate surface area is 153 Å². The van der Waals surface area contributed by atoms with Crippen LogP contribution in [-0.2, 0) is 18.8 Å². The molecule has 1 fully saturated rings. The van der Waals surface area contributed by atoms with Crippen LogP contribution in [-0.4, -0.2) is 56.3 Å². The highest BCUT2D eigenvalue weighted by Gasteiger charge is 2.35. The number of anilines is 1. The molecule has 0 amide bonds. The number of benzene rings is 1. The molecular weight excluding hydrogens is 328 g/mol. The fraction of sp³-hybridized carbons (Fsp3) is 0.474. The number of nitrogens with one attached hydrogen (secondary N) is 1. The van der Waals surface area contributed by atoms with Gasteiger partial charge in [0.05, 0.1) is 29.8 Å². The number of hydrogen-bond acceptors (Lipinski definition) is 5. The van der Waals surface area contributed by atoms with Gasteiger partial charge in [-0.2, -0.15) is 0 Å². The number of imidazole rings is 2. The second-order valence-electron chi connectivity index (χ2n) is 6.74. The molecule has 3 heterocycles. The molecule has 7 heteroatoms. The van der Waals surface area contributed by atoms with Crippen molar-refractivity contribution >= 4 is 17.0 Å². The predicted molar refractivity (Wildman–Crippen MR) is 102 cm³/mol. The number of aryl methyl sites for hydroxylation is 2. The average molecular weight is 354 g/mol. The molecule has 4 rings (SSSR count). The van der Waals surface area contributed by atoms with E-state index in [-0.39, 0.29) is 12.1 Å². The van der Waals surface area contributed by atoms with E-state index in [0.717, 1.165) is 42.5 Å². The minimum Gasteiger partial charge on any atom is -0.373 e. The standard InChI is InChI=1S/C19H26N6O/c1-4-25-11-12-26-16(17(25)18-20-9-10-23(18)2)13-21-19-22-14-7-5-6-8-15(14)24(19)3/h5-10,16-17H,4,11-13H2,1-3H3,(H,21,22)/t16-,17+/m0/s1. The summed E-state index contributed by atoms with van der Waals surface area (Å²) in [7, 11) is 4.08. The Morgan fingerprint density at radius 2 is 2.12 bits per heavy atom. The summed E-state index contributed by atoms with van der Waals surface area (Å²) in [5.41, 5.74) is 2.12. The molecule has 1 aromatic carbocycles. The van der Waals surface area contributed by atoms with Crippen molar-refractivity contribution in [2.45, 2.75) is 19.1 Å². The molecule has 0 bridgehead atoms. The lowest BCUT2D eigenvalue weighted by molar-refractivity contribution is -0.0676. The first kappa shape index (κ1) is 17.1. The number of rotatable bonds is 5. The Hall–Kier alpha value is -2.38.